The SMILES string of the molecule is C=C(C)C(=O)OOC(=O)C(C)=C1CCC1. The average molecular weight is 210 g/mol. The molecular formula is C11H14O4. The lowest BCUT2D eigenvalue weighted by Crippen LogP contribution is -2.15. The van der Waals surface area contributed by atoms with Gasteiger partial charge in [-0.3, -0.25) is 0 Å². The van der Waals surface area contributed by atoms with Crippen LogP contribution in [0.1, 0.15) is 33.1 Å². The summed E-state index contributed by atoms with van der Waals surface area (Å²) in [6.07, 6.45) is 2.95. The van der Waals surface area contributed by atoms with Gasteiger partial charge in [-0.05, 0) is 33.1 Å². The molecule has 82 valence electrons. The average Bonchev–Trinajstić information content (AvgIpc) is 2.10. The number of rotatable bonds is 2. The fourth-order valence-electron chi connectivity index (χ4n) is 1.08. The first-order valence-electron chi connectivity index (χ1n) is 4.79. The largest absolute Gasteiger partial charge is 0.382 e. The summed E-state index contributed by atoms with van der Waals surface area (Å²) in [4.78, 5) is 30.9. The number of carbonyl (C=O) groups excluding carboxylic acids is 2. The van der Waals surface area contributed by atoms with Gasteiger partial charge in [-0.1, -0.05) is 12.2 Å². The Morgan fingerprint density at radius 1 is 1.13 bits per heavy atom. The van der Waals surface area contributed by atoms with Gasteiger partial charge in [-0.25, -0.2) is 19.4 Å². The standard InChI is InChI=1S/C11H14O4/c1-7(2)10(12)14-15-11(13)8(3)9-5-4-6-9/h1,4-6H2,2-3H3. The van der Waals surface area contributed by atoms with Crippen LogP contribution in [0.25, 0.3) is 0 Å². The molecule has 0 bridgehead atoms. The molecule has 0 aromatic carbocycles. The lowest BCUT2D eigenvalue weighted by molar-refractivity contribution is -0.252. The van der Waals surface area contributed by atoms with Gasteiger partial charge < -0.3 is 0 Å². The van der Waals surface area contributed by atoms with Gasteiger partial charge in [0.1, 0.15) is 0 Å². The molecule has 0 N–H and O–H groups in total. The van der Waals surface area contributed by atoms with Crippen LogP contribution in [0.15, 0.2) is 23.3 Å². The lowest BCUT2D eigenvalue weighted by Gasteiger charge is -2.18. The molecule has 0 atom stereocenters. The highest BCUT2D eigenvalue weighted by atomic mass is 17.2. The van der Waals surface area contributed by atoms with Crippen molar-refractivity contribution < 1.29 is 19.4 Å². The highest BCUT2D eigenvalue weighted by Crippen LogP contribution is 2.28. The first-order valence-corrected chi connectivity index (χ1v) is 4.79. The second-order valence-corrected chi connectivity index (χ2v) is 3.60. The van der Waals surface area contributed by atoms with Crippen molar-refractivity contribution in [2.24, 2.45) is 0 Å². The van der Waals surface area contributed by atoms with Crippen LogP contribution in [0.2, 0.25) is 0 Å². The quantitative estimate of drug-likeness (QED) is 0.397. The Bertz CT molecular complexity index is 332. The van der Waals surface area contributed by atoms with Crippen LogP contribution in [-0.2, 0) is 19.4 Å². The molecule has 1 aliphatic rings. The van der Waals surface area contributed by atoms with Crippen LogP contribution < -0.4 is 0 Å². The molecule has 1 rings (SSSR count). The van der Waals surface area contributed by atoms with Crippen molar-refractivity contribution in [3.8, 4) is 0 Å². The third kappa shape index (κ3) is 2.94. The summed E-state index contributed by atoms with van der Waals surface area (Å²) in [5.74, 6) is -1.32. The zero-order valence-corrected chi connectivity index (χ0v) is 8.96. The Hall–Kier alpha value is -1.58. The molecule has 4 nitrogen and oxygen atoms in total. The van der Waals surface area contributed by atoms with Crippen molar-refractivity contribution in [3.05, 3.63) is 23.3 Å². The second-order valence-electron chi connectivity index (χ2n) is 3.60. The molecule has 0 amide bonds. The molecule has 0 unspecified atom stereocenters. The Balaban J connectivity index is 2.43. The van der Waals surface area contributed by atoms with Crippen LogP contribution in [0, 0.1) is 0 Å². The fourth-order valence-corrected chi connectivity index (χ4v) is 1.08. The molecule has 0 heterocycles. The van der Waals surface area contributed by atoms with E-state index in [1.165, 1.54) is 6.92 Å². The van der Waals surface area contributed by atoms with E-state index in [1.807, 2.05) is 0 Å². The lowest BCUT2D eigenvalue weighted by atomic mass is 9.88. The molecular weight excluding hydrogens is 196 g/mol. The van der Waals surface area contributed by atoms with Crippen LogP contribution in [0.5, 0.6) is 0 Å². The normalized spacial score (nSPS) is 13.9. The first kappa shape index (κ1) is 11.5. The summed E-state index contributed by atoms with van der Waals surface area (Å²) < 4.78 is 0. The van der Waals surface area contributed by atoms with Gasteiger partial charge in [0.2, 0.25) is 0 Å². The summed E-state index contributed by atoms with van der Waals surface area (Å²) in [5, 5.41) is 0. The maximum Gasteiger partial charge on any atom is 0.382 e. The van der Waals surface area contributed by atoms with Crippen LogP contribution in [-0.4, -0.2) is 11.9 Å². The topological polar surface area (TPSA) is 52.6 Å². The minimum atomic E-state index is -0.727. The van der Waals surface area contributed by atoms with E-state index in [0.717, 1.165) is 24.8 Å². The van der Waals surface area contributed by atoms with E-state index < -0.39 is 11.9 Å². The zero-order chi connectivity index (χ0) is 11.4. The molecule has 1 fully saturated rings. The maximum absolute atomic E-state index is 11.3. The molecule has 4 heteroatoms. The predicted octanol–water partition coefficient (Wildman–Crippen LogP) is 2.06. The van der Waals surface area contributed by atoms with Gasteiger partial charge in [-0.2, -0.15) is 0 Å². The van der Waals surface area contributed by atoms with Gasteiger partial charge in [0.15, 0.2) is 0 Å². The van der Waals surface area contributed by atoms with E-state index in [4.69, 9.17) is 0 Å². The predicted molar refractivity (Wildman–Crippen MR) is 53.5 cm³/mol. The van der Waals surface area contributed by atoms with E-state index in [2.05, 4.69) is 16.4 Å². The molecule has 0 radical (unpaired) electrons. The third-order valence-electron chi connectivity index (χ3n) is 2.34. The van der Waals surface area contributed by atoms with Crippen molar-refractivity contribution in [2.75, 3.05) is 0 Å². The second kappa shape index (κ2) is 4.77. The number of hydrogen-bond donors (Lipinski definition) is 0. The molecule has 0 saturated heterocycles. The molecule has 1 saturated carbocycles. The Morgan fingerprint density at radius 3 is 2.07 bits per heavy atom. The number of carbonyl (C=O) groups is 2. The monoisotopic (exact) mass is 210 g/mol. The fraction of sp³-hybridized carbons (Fsp3) is 0.455. The Morgan fingerprint density at radius 2 is 1.67 bits per heavy atom. The molecule has 0 spiro atoms. The summed E-state index contributed by atoms with van der Waals surface area (Å²) >= 11 is 0. The van der Waals surface area contributed by atoms with Crippen molar-refractivity contribution in [3.63, 3.8) is 0 Å². The minimum Gasteiger partial charge on any atom is -0.242 e. The van der Waals surface area contributed by atoms with E-state index >= 15 is 0 Å². The minimum absolute atomic E-state index is 0.191. The van der Waals surface area contributed by atoms with Crippen molar-refractivity contribution in [1.29, 1.82) is 0 Å². The smallest absolute Gasteiger partial charge is 0.242 e. The molecule has 1 aliphatic carbocycles. The maximum atomic E-state index is 11.3. The van der Waals surface area contributed by atoms with Crippen molar-refractivity contribution in [2.45, 2.75) is 33.1 Å². The molecule has 0 aliphatic heterocycles. The number of hydrogen-bond acceptors (Lipinski definition) is 4. The summed E-state index contributed by atoms with van der Waals surface area (Å²) in [6.45, 7) is 6.51. The van der Waals surface area contributed by atoms with Crippen LogP contribution in [0.4, 0.5) is 0 Å². The summed E-state index contributed by atoms with van der Waals surface area (Å²) in [6, 6.07) is 0. The van der Waals surface area contributed by atoms with Gasteiger partial charge in [0, 0.05) is 11.1 Å². The highest BCUT2D eigenvalue weighted by Gasteiger charge is 2.19. The van der Waals surface area contributed by atoms with E-state index in [9.17, 15) is 9.59 Å². The van der Waals surface area contributed by atoms with E-state index in [1.54, 1.807) is 6.92 Å². The third-order valence-corrected chi connectivity index (χ3v) is 2.34. The van der Waals surface area contributed by atoms with Crippen LogP contribution >= 0.6 is 0 Å². The Labute approximate surface area is 88.5 Å². The zero-order valence-electron chi connectivity index (χ0n) is 8.96. The first-order chi connectivity index (χ1) is 7.02. The van der Waals surface area contributed by atoms with Gasteiger partial charge in [0.05, 0.1) is 0 Å². The molecule has 15 heavy (non-hydrogen) atoms. The van der Waals surface area contributed by atoms with Gasteiger partial charge in [-0.15, -0.1) is 0 Å². The molecule has 0 aromatic heterocycles. The van der Waals surface area contributed by atoms with Gasteiger partial charge >= 0.3 is 11.9 Å². The Kier molecular flexibility index (Phi) is 3.66. The van der Waals surface area contributed by atoms with E-state index in [0.29, 0.717) is 5.57 Å². The molecule has 0 aromatic rings. The van der Waals surface area contributed by atoms with Crippen LogP contribution in [0.3, 0.4) is 0 Å². The summed E-state index contributed by atoms with van der Waals surface area (Å²) in [5.41, 5.74) is 1.80. The summed E-state index contributed by atoms with van der Waals surface area (Å²) in [7, 11) is 0. The van der Waals surface area contributed by atoms with E-state index in [-0.39, 0.29) is 5.57 Å². The highest BCUT2D eigenvalue weighted by molar-refractivity contribution is 5.91. The van der Waals surface area contributed by atoms with Crippen molar-refractivity contribution in [1.82, 2.24) is 0 Å². The van der Waals surface area contributed by atoms with Gasteiger partial charge in [0.25, 0.3) is 0 Å². The number of allylic oxidation sites excluding steroid dienone is 1. The van der Waals surface area contributed by atoms with Crippen molar-refractivity contribution >= 4 is 11.9 Å².